The number of benzene rings is 1. The minimum Gasteiger partial charge on any atom is -0.398 e. The van der Waals surface area contributed by atoms with Gasteiger partial charge in [0.25, 0.3) is 0 Å². The first-order valence-corrected chi connectivity index (χ1v) is 6.23. The molecule has 0 spiro atoms. The fourth-order valence-corrected chi connectivity index (χ4v) is 1.88. The SMILES string of the molecule is COCC(CNCc1ccc(N)c(Br)c1)OC. The third-order valence-electron chi connectivity index (χ3n) is 2.45. The lowest BCUT2D eigenvalue weighted by Gasteiger charge is -2.15. The van der Waals surface area contributed by atoms with Gasteiger partial charge in [-0.2, -0.15) is 0 Å². The Bertz CT molecular complexity index is 347. The van der Waals surface area contributed by atoms with E-state index in [2.05, 4.69) is 21.2 Å². The Hall–Kier alpha value is -0.620. The Morgan fingerprint density at radius 1 is 1.41 bits per heavy atom. The van der Waals surface area contributed by atoms with E-state index in [1.807, 2.05) is 18.2 Å². The highest BCUT2D eigenvalue weighted by Crippen LogP contribution is 2.20. The summed E-state index contributed by atoms with van der Waals surface area (Å²) in [5, 5.41) is 3.32. The largest absolute Gasteiger partial charge is 0.398 e. The van der Waals surface area contributed by atoms with E-state index in [4.69, 9.17) is 15.2 Å². The van der Waals surface area contributed by atoms with Crippen molar-refractivity contribution < 1.29 is 9.47 Å². The maximum Gasteiger partial charge on any atom is 0.0928 e. The van der Waals surface area contributed by atoms with Gasteiger partial charge in [0, 0.05) is 37.5 Å². The van der Waals surface area contributed by atoms with Crippen molar-refractivity contribution in [3.63, 3.8) is 0 Å². The van der Waals surface area contributed by atoms with Crippen LogP contribution in [0.4, 0.5) is 5.69 Å². The Kier molecular flexibility index (Phi) is 6.50. The van der Waals surface area contributed by atoms with Crippen LogP contribution in [0.5, 0.6) is 0 Å². The van der Waals surface area contributed by atoms with Gasteiger partial charge in [-0.15, -0.1) is 0 Å². The summed E-state index contributed by atoms with van der Waals surface area (Å²) in [6, 6.07) is 5.91. The van der Waals surface area contributed by atoms with Crippen molar-refractivity contribution in [1.29, 1.82) is 0 Å². The molecule has 96 valence electrons. The van der Waals surface area contributed by atoms with Gasteiger partial charge in [-0.05, 0) is 33.6 Å². The zero-order valence-corrected chi connectivity index (χ0v) is 11.8. The lowest BCUT2D eigenvalue weighted by Crippen LogP contribution is -2.31. The van der Waals surface area contributed by atoms with Crippen LogP contribution < -0.4 is 11.1 Å². The molecule has 1 rings (SSSR count). The Morgan fingerprint density at radius 2 is 2.18 bits per heavy atom. The monoisotopic (exact) mass is 302 g/mol. The first-order chi connectivity index (χ1) is 8.17. The molecule has 0 bridgehead atoms. The predicted molar refractivity (Wildman–Crippen MR) is 72.9 cm³/mol. The lowest BCUT2D eigenvalue weighted by atomic mass is 10.2. The van der Waals surface area contributed by atoms with Gasteiger partial charge in [-0.25, -0.2) is 0 Å². The molecule has 0 aliphatic carbocycles. The molecule has 0 saturated heterocycles. The van der Waals surface area contributed by atoms with Crippen LogP contribution in [0.25, 0.3) is 0 Å². The van der Waals surface area contributed by atoms with Crippen LogP contribution in [-0.2, 0) is 16.0 Å². The van der Waals surface area contributed by atoms with E-state index in [0.717, 1.165) is 23.2 Å². The minimum absolute atomic E-state index is 0.0808. The molecule has 0 radical (unpaired) electrons. The highest BCUT2D eigenvalue weighted by molar-refractivity contribution is 9.10. The molecule has 0 fully saturated rings. The van der Waals surface area contributed by atoms with Gasteiger partial charge in [0.05, 0.1) is 12.7 Å². The molecular formula is C12H19BrN2O2. The molecule has 1 aromatic carbocycles. The maximum absolute atomic E-state index is 5.72. The summed E-state index contributed by atoms with van der Waals surface area (Å²) < 4.78 is 11.2. The number of nitrogen functional groups attached to an aromatic ring is 1. The highest BCUT2D eigenvalue weighted by atomic mass is 79.9. The molecule has 0 heterocycles. The number of nitrogens with two attached hydrogens (primary N) is 1. The molecule has 0 aliphatic rings. The molecule has 5 heteroatoms. The third-order valence-corrected chi connectivity index (χ3v) is 3.14. The molecule has 0 aromatic heterocycles. The molecule has 0 saturated carbocycles. The number of rotatable bonds is 7. The fraction of sp³-hybridized carbons (Fsp3) is 0.500. The first kappa shape index (κ1) is 14.4. The second kappa shape index (κ2) is 7.66. The van der Waals surface area contributed by atoms with E-state index in [-0.39, 0.29) is 6.10 Å². The topological polar surface area (TPSA) is 56.5 Å². The zero-order chi connectivity index (χ0) is 12.7. The first-order valence-electron chi connectivity index (χ1n) is 5.43. The summed E-state index contributed by atoms with van der Waals surface area (Å²) >= 11 is 3.41. The number of hydrogen-bond donors (Lipinski definition) is 2. The van der Waals surface area contributed by atoms with Crippen molar-refractivity contribution in [3.8, 4) is 0 Å². The van der Waals surface area contributed by atoms with Crippen LogP contribution >= 0.6 is 15.9 Å². The summed E-state index contributed by atoms with van der Waals surface area (Å²) in [4.78, 5) is 0. The highest BCUT2D eigenvalue weighted by Gasteiger charge is 2.06. The Morgan fingerprint density at radius 3 is 2.76 bits per heavy atom. The van der Waals surface area contributed by atoms with E-state index in [0.29, 0.717) is 6.61 Å². The molecule has 0 aliphatic heterocycles. The van der Waals surface area contributed by atoms with E-state index in [1.54, 1.807) is 14.2 Å². The molecule has 1 unspecified atom stereocenters. The van der Waals surface area contributed by atoms with Crippen molar-refractivity contribution in [2.24, 2.45) is 0 Å². The van der Waals surface area contributed by atoms with Gasteiger partial charge < -0.3 is 20.5 Å². The standard InChI is InChI=1S/C12H19BrN2O2/c1-16-8-10(17-2)7-15-6-9-3-4-12(14)11(13)5-9/h3-5,10,15H,6-8,14H2,1-2H3. The smallest absolute Gasteiger partial charge is 0.0928 e. The third kappa shape index (κ3) is 5.04. The van der Waals surface area contributed by atoms with E-state index >= 15 is 0 Å². The summed E-state index contributed by atoms with van der Waals surface area (Å²) in [6.07, 6.45) is 0.0808. The molecule has 17 heavy (non-hydrogen) atoms. The molecule has 1 aromatic rings. The van der Waals surface area contributed by atoms with E-state index in [9.17, 15) is 0 Å². The number of methoxy groups -OCH3 is 2. The second-order valence-electron chi connectivity index (χ2n) is 3.80. The van der Waals surface area contributed by atoms with Crippen molar-refractivity contribution in [1.82, 2.24) is 5.32 Å². The van der Waals surface area contributed by atoms with E-state index < -0.39 is 0 Å². The summed E-state index contributed by atoms with van der Waals surface area (Å²) in [5.41, 5.74) is 7.65. The van der Waals surface area contributed by atoms with Crippen molar-refractivity contribution in [2.75, 3.05) is 33.1 Å². The zero-order valence-electron chi connectivity index (χ0n) is 10.2. The molecule has 0 amide bonds. The van der Waals surface area contributed by atoms with Gasteiger partial charge >= 0.3 is 0 Å². The lowest BCUT2D eigenvalue weighted by molar-refractivity contribution is 0.0288. The number of anilines is 1. The maximum atomic E-state index is 5.72. The number of halogens is 1. The van der Waals surface area contributed by atoms with Crippen LogP contribution in [0.1, 0.15) is 5.56 Å². The van der Waals surface area contributed by atoms with Crippen molar-refractivity contribution in [3.05, 3.63) is 28.2 Å². The average molecular weight is 303 g/mol. The number of hydrogen-bond acceptors (Lipinski definition) is 4. The van der Waals surface area contributed by atoms with Gasteiger partial charge in [0.15, 0.2) is 0 Å². The van der Waals surface area contributed by atoms with Gasteiger partial charge in [0.2, 0.25) is 0 Å². The quantitative estimate of drug-likeness (QED) is 0.754. The Labute approximate surface area is 111 Å². The normalized spacial score (nSPS) is 12.6. The second-order valence-corrected chi connectivity index (χ2v) is 4.65. The van der Waals surface area contributed by atoms with Gasteiger partial charge in [0.1, 0.15) is 0 Å². The summed E-state index contributed by atoms with van der Waals surface area (Å²) in [6.45, 7) is 2.13. The van der Waals surface area contributed by atoms with Crippen LogP contribution in [-0.4, -0.2) is 33.5 Å². The van der Waals surface area contributed by atoms with Crippen LogP contribution in [0.15, 0.2) is 22.7 Å². The fourth-order valence-electron chi connectivity index (χ4n) is 1.45. The van der Waals surface area contributed by atoms with Crippen molar-refractivity contribution >= 4 is 21.6 Å². The summed E-state index contributed by atoms with van der Waals surface area (Å²) in [5.74, 6) is 0. The summed E-state index contributed by atoms with van der Waals surface area (Å²) in [7, 11) is 3.36. The average Bonchev–Trinajstić information content (AvgIpc) is 2.32. The molecule has 1 atom stereocenters. The van der Waals surface area contributed by atoms with Gasteiger partial charge in [-0.1, -0.05) is 6.07 Å². The Balaban J connectivity index is 2.37. The minimum atomic E-state index is 0.0808. The number of nitrogens with one attached hydrogen (secondary N) is 1. The van der Waals surface area contributed by atoms with Crippen LogP contribution in [0.2, 0.25) is 0 Å². The van der Waals surface area contributed by atoms with Crippen LogP contribution in [0.3, 0.4) is 0 Å². The predicted octanol–water partition coefficient (Wildman–Crippen LogP) is 1.78. The van der Waals surface area contributed by atoms with Crippen LogP contribution in [0, 0.1) is 0 Å². The number of ether oxygens (including phenoxy) is 2. The van der Waals surface area contributed by atoms with Crippen molar-refractivity contribution in [2.45, 2.75) is 12.6 Å². The molecular weight excluding hydrogens is 284 g/mol. The molecule has 3 N–H and O–H groups in total. The molecule has 4 nitrogen and oxygen atoms in total. The van der Waals surface area contributed by atoms with E-state index in [1.165, 1.54) is 5.56 Å². The van der Waals surface area contributed by atoms with Gasteiger partial charge in [-0.3, -0.25) is 0 Å².